The number of hydrogen-bond donors (Lipinski definition) is 3. The molecule has 114 valence electrons. The number of rotatable bonds is 2. The summed E-state index contributed by atoms with van der Waals surface area (Å²) in [6, 6.07) is 13.0. The van der Waals surface area contributed by atoms with Gasteiger partial charge in [-0.05, 0) is 29.3 Å². The van der Waals surface area contributed by atoms with E-state index in [1.165, 1.54) is 11.3 Å². The Hall–Kier alpha value is -2.63. The second-order valence-corrected chi connectivity index (χ2v) is 6.32. The van der Waals surface area contributed by atoms with Crippen LogP contribution < -0.4 is 11.3 Å². The van der Waals surface area contributed by atoms with Gasteiger partial charge in [0, 0.05) is 33.8 Å². The van der Waals surface area contributed by atoms with Gasteiger partial charge in [-0.2, -0.15) is 0 Å². The smallest absolute Gasteiger partial charge is 0.266 e. The number of H-pyrrole nitrogens is 1. The first kappa shape index (κ1) is 14.0. The van der Waals surface area contributed by atoms with Gasteiger partial charge in [0.25, 0.3) is 5.56 Å². The van der Waals surface area contributed by atoms with Crippen molar-refractivity contribution < 1.29 is 5.11 Å². The van der Waals surface area contributed by atoms with E-state index >= 15 is 0 Å². The number of aromatic nitrogens is 1. The molecule has 2 aromatic carbocycles. The van der Waals surface area contributed by atoms with E-state index in [0.717, 1.165) is 33.0 Å². The number of pyridine rings is 1. The van der Waals surface area contributed by atoms with E-state index in [0.29, 0.717) is 11.2 Å². The van der Waals surface area contributed by atoms with E-state index in [9.17, 15) is 9.90 Å². The monoisotopic (exact) mass is 322 g/mol. The number of aromatic hydroxyl groups is 1. The first-order valence-electron chi connectivity index (χ1n) is 7.23. The second kappa shape index (κ2) is 5.22. The largest absolute Gasteiger partial charge is 0.508 e. The molecular formula is C18H14N2O2S. The minimum atomic E-state index is -0.104. The summed E-state index contributed by atoms with van der Waals surface area (Å²) >= 11 is 1.42. The van der Waals surface area contributed by atoms with Gasteiger partial charge in [0.15, 0.2) is 0 Å². The standard InChI is InChI=1S/C18H14N2O2S/c19-8-10-1-3-11(4-2-10)14-9-23-17-16(14)13-7-12(21)5-6-15(13)20-18(17)22/h1-7,9,21H,8,19H2,(H,20,22). The minimum absolute atomic E-state index is 0.104. The Bertz CT molecular complexity index is 1080. The molecule has 0 unspecified atom stereocenters. The molecular weight excluding hydrogens is 308 g/mol. The van der Waals surface area contributed by atoms with Crippen LogP contribution in [0, 0.1) is 0 Å². The van der Waals surface area contributed by atoms with Gasteiger partial charge in [-0.3, -0.25) is 4.79 Å². The van der Waals surface area contributed by atoms with Crippen LogP contribution in [-0.4, -0.2) is 10.1 Å². The molecule has 0 spiro atoms. The lowest BCUT2D eigenvalue weighted by atomic mass is 10.0. The number of phenols is 1. The maximum Gasteiger partial charge on any atom is 0.266 e. The zero-order valence-electron chi connectivity index (χ0n) is 12.2. The minimum Gasteiger partial charge on any atom is -0.508 e. The molecule has 0 radical (unpaired) electrons. The zero-order valence-corrected chi connectivity index (χ0v) is 13.0. The summed E-state index contributed by atoms with van der Waals surface area (Å²) in [5, 5.41) is 13.5. The van der Waals surface area contributed by atoms with E-state index in [1.807, 2.05) is 29.6 Å². The van der Waals surface area contributed by atoms with Gasteiger partial charge in [0.2, 0.25) is 0 Å². The van der Waals surface area contributed by atoms with Gasteiger partial charge in [0.1, 0.15) is 10.4 Å². The van der Waals surface area contributed by atoms with Gasteiger partial charge in [-0.15, -0.1) is 11.3 Å². The summed E-state index contributed by atoms with van der Waals surface area (Å²) in [6.07, 6.45) is 0. The average Bonchev–Trinajstić information content (AvgIpc) is 3.02. The molecule has 0 bridgehead atoms. The normalized spacial score (nSPS) is 11.3. The Labute approximate surface area is 135 Å². The van der Waals surface area contributed by atoms with E-state index < -0.39 is 0 Å². The molecule has 5 heteroatoms. The van der Waals surface area contributed by atoms with Crippen LogP contribution in [0.5, 0.6) is 5.75 Å². The fourth-order valence-electron chi connectivity index (χ4n) is 2.85. The quantitative estimate of drug-likeness (QED) is 0.528. The summed E-state index contributed by atoms with van der Waals surface area (Å²) < 4.78 is 0.668. The van der Waals surface area contributed by atoms with Crippen LogP contribution in [-0.2, 0) is 6.54 Å². The van der Waals surface area contributed by atoms with Crippen LogP contribution in [0.15, 0.2) is 52.6 Å². The topological polar surface area (TPSA) is 79.1 Å². The SMILES string of the molecule is NCc1ccc(-c2csc3c(=O)[nH]c4ccc(O)cc4c23)cc1. The molecule has 4 rings (SSSR count). The van der Waals surface area contributed by atoms with Gasteiger partial charge < -0.3 is 15.8 Å². The molecule has 0 aliphatic carbocycles. The summed E-state index contributed by atoms with van der Waals surface area (Å²) in [5.41, 5.74) is 9.36. The molecule has 2 heterocycles. The highest BCUT2D eigenvalue weighted by molar-refractivity contribution is 7.17. The molecule has 4 N–H and O–H groups in total. The van der Waals surface area contributed by atoms with Crippen molar-refractivity contribution in [2.45, 2.75) is 6.54 Å². The molecule has 23 heavy (non-hydrogen) atoms. The Morgan fingerprint density at radius 3 is 2.65 bits per heavy atom. The van der Waals surface area contributed by atoms with Crippen LogP contribution >= 0.6 is 11.3 Å². The number of phenolic OH excluding ortho intramolecular Hbond substituents is 1. The van der Waals surface area contributed by atoms with E-state index in [2.05, 4.69) is 4.98 Å². The maximum absolute atomic E-state index is 12.3. The van der Waals surface area contributed by atoms with E-state index in [4.69, 9.17) is 5.73 Å². The third kappa shape index (κ3) is 2.21. The predicted molar refractivity (Wildman–Crippen MR) is 94.9 cm³/mol. The molecule has 0 saturated carbocycles. The Balaban J connectivity index is 2.09. The van der Waals surface area contributed by atoms with Crippen LogP contribution in [0.2, 0.25) is 0 Å². The first-order valence-corrected chi connectivity index (χ1v) is 8.11. The van der Waals surface area contributed by atoms with Crippen molar-refractivity contribution in [2.75, 3.05) is 0 Å². The number of aromatic amines is 1. The van der Waals surface area contributed by atoms with Crippen molar-refractivity contribution in [3.8, 4) is 16.9 Å². The number of benzene rings is 2. The van der Waals surface area contributed by atoms with Crippen LogP contribution in [0.1, 0.15) is 5.56 Å². The zero-order chi connectivity index (χ0) is 16.0. The first-order chi connectivity index (χ1) is 11.2. The fraction of sp³-hybridized carbons (Fsp3) is 0.0556. The highest BCUT2D eigenvalue weighted by Gasteiger charge is 2.13. The number of nitrogens with two attached hydrogens (primary N) is 1. The molecule has 4 nitrogen and oxygen atoms in total. The number of nitrogens with one attached hydrogen (secondary N) is 1. The number of thiophene rings is 1. The van der Waals surface area contributed by atoms with E-state index in [1.54, 1.807) is 18.2 Å². The fourth-order valence-corrected chi connectivity index (χ4v) is 3.84. The third-order valence-electron chi connectivity index (χ3n) is 4.02. The van der Waals surface area contributed by atoms with Crippen LogP contribution in [0.4, 0.5) is 0 Å². The van der Waals surface area contributed by atoms with Crippen molar-refractivity contribution in [3.63, 3.8) is 0 Å². The van der Waals surface area contributed by atoms with Crippen LogP contribution in [0.25, 0.3) is 32.1 Å². The number of hydrogen-bond acceptors (Lipinski definition) is 4. The molecule has 0 saturated heterocycles. The summed E-state index contributed by atoms with van der Waals surface area (Å²) in [7, 11) is 0. The predicted octanol–water partition coefficient (Wildman–Crippen LogP) is 3.57. The van der Waals surface area contributed by atoms with Crippen molar-refractivity contribution in [1.82, 2.24) is 4.98 Å². The third-order valence-corrected chi connectivity index (χ3v) is 5.00. The lowest BCUT2D eigenvalue weighted by Crippen LogP contribution is -2.04. The van der Waals surface area contributed by atoms with Gasteiger partial charge in [0.05, 0.1) is 0 Å². The van der Waals surface area contributed by atoms with Gasteiger partial charge in [-0.25, -0.2) is 0 Å². The number of fused-ring (bicyclic) bond motifs is 3. The molecule has 4 aromatic rings. The lowest BCUT2D eigenvalue weighted by Gasteiger charge is -2.05. The second-order valence-electron chi connectivity index (χ2n) is 5.44. The Morgan fingerprint density at radius 2 is 1.91 bits per heavy atom. The van der Waals surface area contributed by atoms with Crippen molar-refractivity contribution in [2.24, 2.45) is 5.73 Å². The highest BCUT2D eigenvalue weighted by Crippen LogP contribution is 2.37. The summed E-state index contributed by atoms with van der Waals surface area (Å²) in [4.78, 5) is 15.2. The molecule has 0 fully saturated rings. The lowest BCUT2D eigenvalue weighted by molar-refractivity contribution is 0.476. The summed E-state index contributed by atoms with van der Waals surface area (Å²) in [5.74, 6) is 0.182. The van der Waals surface area contributed by atoms with Gasteiger partial charge in [-0.1, -0.05) is 24.3 Å². The highest BCUT2D eigenvalue weighted by atomic mass is 32.1. The van der Waals surface area contributed by atoms with Crippen LogP contribution in [0.3, 0.4) is 0 Å². The summed E-state index contributed by atoms with van der Waals surface area (Å²) in [6.45, 7) is 0.501. The Kier molecular flexibility index (Phi) is 3.18. The van der Waals surface area contributed by atoms with Crippen molar-refractivity contribution in [3.05, 3.63) is 63.8 Å². The van der Waals surface area contributed by atoms with E-state index in [-0.39, 0.29) is 11.3 Å². The molecule has 0 aliphatic rings. The maximum atomic E-state index is 12.3. The van der Waals surface area contributed by atoms with Crippen molar-refractivity contribution in [1.29, 1.82) is 0 Å². The molecule has 0 atom stereocenters. The Morgan fingerprint density at radius 1 is 1.13 bits per heavy atom. The van der Waals surface area contributed by atoms with Crippen molar-refractivity contribution >= 4 is 32.3 Å². The molecule has 0 amide bonds. The average molecular weight is 322 g/mol. The molecule has 2 aromatic heterocycles. The van der Waals surface area contributed by atoms with Gasteiger partial charge >= 0.3 is 0 Å². The molecule has 0 aliphatic heterocycles.